The molecule has 2 aromatic rings. The minimum atomic E-state index is 0.503. The van der Waals surface area contributed by atoms with Crippen molar-refractivity contribution in [1.82, 2.24) is 9.78 Å². The molecule has 0 amide bonds. The molecule has 20 heavy (non-hydrogen) atoms. The fourth-order valence-electron chi connectivity index (χ4n) is 2.16. The van der Waals surface area contributed by atoms with Gasteiger partial charge in [0.1, 0.15) is 0 Å². The molecule has 1 aromatic carbocycles. The van der Waals surface area contributed by atoms with Gasteiger partial charge in [-0.25, -0.2) is 0 Å². The van der Waals surface area contributed by atoms with E-state index in [1.54, 1.807) is 0 Å². The van der Waals surface area contributed by atoms with E-state index in [0.717, 1.165) is 39.7 Å². The molecule has 0 aliphatic heterocycles. The zero-order valence-corrected chi connectivity index (χ0v) is 14.9. The van der Waals surface area contributed by atoms with Crippen molar-refractivity contribution >= 4 is 37.5 Å². The third-order valence-corrected chi connectivity index (χ3v) is 4.52. The zero-order chi connectivity index (χ0) is 14.5. The molecular formula is C15H19Br2N3. The number of anilines is 1. The summed E-state index contributed by atoms with van der Waals surface area (Å²) < 4.78 is 4.19. The summed E-state index contributed by atoms with van der Waals surface area (Å²) in [5.74, 6) is 0. The lowest BCUT2D eigenvalue weighted by Gasteiger charge is -2.12. The summed E-state index contributed by atoms with van der Waals surface area (Å²) in [6, 6.07) is 8.69. The van der Waals surface area contributed by atoms with Gasteiger partial charge in [0.05, 0.1) is 18.3 Å². The van der Waals surface area contributed by atoms with Gasteiger partial charge in [-0.3, -0.25) is 4.68 Å². The Morgan fingerprint density at radius 1 is 1.20 bits per heavy atom. The normalized spacial score (nSPS) is 11.1. The lowest BCUT2D eigenvalue weighted by molar-refractivity contribution is 0.426. The lowest BCUT2D eigenvalue weighted by Crippen LogP contribution is -2.09. The van der Waals surface area contributed by atoms with Crippen LogP contribution in [0.3, 0.4) is 0 Å². The number of aromatic nitrogens is 2. The predicted molar refractivity (Wildman–Crippen MR) is 91.0 cm³/mol. The molecule has 0 fully saturated rings. The summed E-state index contributed by atoms with van der Waals surface area (Å²) in [4.78, 5) is 0. The molecule has 108 valence electrons. The number of hydrogen-bond donors (Lipinski definition) is 1. The topological polar surface area (TPSA) is 29.9 Å². The van der Waals surface area contributed by atoms with Gasteiger partial charge >= 0.3 is 0 Å². The van der Waals surface area contributed by atoms with Crippen LogP contribution in [0.2, 0.25) is 0 Å². The molecule has 0 unspecified atom stereocenters. The van der Waals surface area contributed by atoms with E-state index in [-0.39, 0.29) is 0 Å². The standard InChI is InChI=1S/C15H19Br2N3/c1-3-13(4-2)20-8-7-12(19-20)10-18-15-6-5-11(16)9-14(15)17/h5-9,13,18H,3-4,10H2,1-2H3. The van der Waals surface area contributed by atoms with Gasteiger partial charge in [-0.05, 0) is 53.0 Å². The molecule has 0 aliphatic rings. The number of halogens is 2. The van der Waals surface area contributed by atoms with Crippen molar-refractivity contribution in [2.45, 2.75) is 39.3 Å². The van der Waals surface area contributed by atoms with E-state index < -0.39 is 0 Å². The molecule has 1 heterocycles. The molecule has 5 heteroatoms. The number of nitrogens with one attached hydrogen (secondary N) is 1. The van der Waals surface area contributed by atoms with Crippen molar-refractivity contribution < 1.29 is 0 Å². The van der Waals surface area contributed by atoms with Gasteiger partial charge in [-0.15, -0.1) is 0 Å². The number of hydrogen-bond acceptors (Lipinski definition) is 2. The van der Waals surface area contributed by atoms with Crippen molar-refractivity contribution in [3.8, 4) is 0 Å². The Hall–Kier alpha value is -0.810. The van der Waals surface area contributed by atoms with Crippen LogP contribution in [0.25, 0.3) is 0 Å². The van der Waals surface area contributed by atoms with Gasteiger partial charge in [0.2, 0.25) is 0 Å². The number of nitrogens with zero attached hydrogens (tertiary/aromatic N) is 2. The van der Waals surface area contributed by atoms with Gasteiger partial charge < -0.3 is 5.32 Å². The largest absolute Gasteiger partial charge is 0.378 e. The maximum atomic E-state index is 4.64. The van der Waals surface area contributed by atoms with Crippen LogP contribution in [-0.2, 0) is 6.54 Å². The lowest BCUT2D eigenvalue weighted by atomic mass is 10.2. The Morgan fingerprint density at radius 3 is 2.60 bits per heavy atom. The van der Waals surface area contributed by atoms with E-state index >= 15 is 0 Å². The summed E-state index contributed by atoms with van der Waals surface area (Å²) in [5.41, 5.74) is 2.14. The smallest absolute Gasteiger partial charge is 0.0815 e. The molecule has 0 bridgehead atoms. The Balaban J connectivity index is 2.00. The second kappa shape index (κ2) is 7.27. The first-order valence-electron chi connectivity index (χ1n) is 6.87. The molecule has 0 saturated heterocycles. The maximum absolute atomic E-state index is 4.64. The molecular weight excluding hydrogens is 382 g/mol. The minimum absolute atomic E-state index is 0.503. The first kappa shape index (κ1) is 15.6. The van der Waals surface area contributed by atoms with Gasteiger partial charge in [0, 0.05) is 20.8 Å². The highest BCUT2D eigenvalue weighted by Crippen LogP contribution is 2.26. The quantitative estimate of drug-likeness (QED) is 0.705. The van der Waals surface area contributed by atoms with Crippen LogP contribution in [0.1, 0.15) is 38.4 Å². The Morgan fingerprint density at radius 2 is 1.95 bits per heavy atom. The van der Waals surface area contributed by atoms with Crippen LogP contribution < -0.4 is 5.32 Å². The molecule has 0 aliphatic carbocycles. The molecule has 0 spiro atoms. The highest BCUT2D eigenvalue weighted by molar-refractivity contribution is 9.11. The maximum Gasteiger partial charge on any atom is 0.0815 e. The van der Waals surface area contributed by atoms with Crippen molar-refractivity contribution in [3.05, 3.63) is 45.1 Å². The van der Waals surface area contributed by atoms with E-state index in [4.69, 9.17) is 0 Å². The van der Waals surface area contributed by atoms with Gasteiger partial charge in [0.15, 0.2) is 0 Å². The second-order valence-electron chi connectivity index (χ2n) is 4.74. The highest BCUT2D eigenvalue weighted by atomic mass is 79.9. The van der Waals surface area contributed by atoms with Crippen molar-refractivity contribution in [2.75, 3.05) is 5.32 Å². The SMILES string of the molecule is CCC(CC)n1ccc(CNc2ccc(Br)cc2Br)n1. The van der Waals surface area contributed by atoms with Crippen LogP contribution in [0.15, 0.2) is 39.4 Å². The van der Waals surface area contributed by atoms with Crippen LogP contribution in [0.5, 0.6) is 0 Å². The zero-order valence-electron chi connectivity index (χ0n) is 11.7. The third kappa shape index (κ3) is 3.85. The fourth-order valence-corrected chi connectivity index (χ4v) is 3.34. The first-order chi connectivity index (χ1) is 9.63. The molecule has 0 saturated carbocycles. The molecule has 2 rings (SSSR count). The Bertz CT molecular complexity index is 562. The van der Waals surface area contributed by atoms with Crippen molar-refractivity contribution in [3.63, 3.8) is 0 Å². The van der Waals surface area contributed by atoms with E-state index in [1.807, 2.05) is 18.2 Å². The number of rotatable bonds is 6. The van der Waals surface area contributed by atoms with Crippen LogP contribution in [0.4, 0.5) is 5.69 Å². The van der Waals surface area contributed by atoms with Gasteiger partial charge in [-0.2, -0.15) is 5.10 Å². The van der Waals surface area contributed by atoms with Crippen LogP contribution in [0, 0.1) is 0 Å². The van der Waals surface area contributed by atoms with E-state index in [9.17, 15) is 0 Å². The molecule has 0 atom stereocenters. The highest BCUT2D eigenvalue weighted by Gasteiger charge is 2.08. The molecule has 1 aromatic heterocycles. The van der Waals surface area contributed by atoms with Crippen molar-refractivity contribution in [1.29, 1.82) is 0 Å². The van der Waals surface area contributed by atoms with E-state index in [0.29, 0.717) is 6.04 Å². The summed E-state index contributed by atoms with van der Waals surface area (Å²) in [7, 11) is 0. The predicted octanol–water partition coefficient (Wildman–Crippen LogP) is 5.38. The van der Waals surface area contributed by atoms with Crippen LogP contribution >= 0.6 is 31.9 Å². The molecule has 1 N–H and O–H groups in total. The summed E-state index contributed by atoms with van der Waals surface area (Å²) in [6.07, 6.45) is 4.30. The fraction of sp³-hybridized carbons (Fsp3) is 0.400. The molecule has 3 nitrogen and oxygen atoms in total. The third-order valence-electron chi connectivity index (χ3n) is 3.37. The monoisotopic (exact) mass is 399 g/mol. The summed E-state index contributed by atoms with van der Waals surface area (Å²) >= 11 is 7.01. The minimum Gasteiger partial charge on any atom is -0.378 e. The Kier molecular flexibility index (Phi) is 5.66. The first-order valence-corrected chi connectivity index (χ1v) is 8.45. The van der Waals surface area contributed by atoms with Crippen LogP contribution in [-0.4, -0.2) is 9.78 Å². The van der Waals surface area contributed by atoms with E-state index in [1.165, 1.54) is 0 Å². The average molecular weight is 401 g/mol. The van der Waals surface area contributed by atoms with Gasteiger partial charge in [0.25, 0.3) is 0 Å². The second-order valence-corrected chi connectivity index (χ2v) is 6.51. The number of benzene rings is 1. The average Bonchev–Trinajstić information content (AvgIpc) is 2.88. The van der Waals surface area contributed by atoms with Gasteiger partial charge in [-0.1, -0.05) is 29.8 Å². The molecule has 0 radical (unpaired) electrons. The summed E-state index contributed by atoms with van der Waals surface area (Å²) in [6.45, 7) is 5.13. The van der Waals surface area contributed by atoms with E-state index in [2.05, 4.69) is 73.1 Å². The summed E-state index contributed by atoms with van der Waals surface area (Å²) in [5, 5.41) is 8.05. The Labute approximate surface area is 137 Å². The van der Waals surface area contributed by atoms with Crippen molar-refractivity contribution in [2.24, 2.45) is 0 Å².